The molecule has 2 heteroatoms. The van der Waals surface area contributed by atoms with E-state index in [4.69, 9.17) is 4.74 Å². The monoisotopic (exact) mass is 259 g/mol. The summed E-state index contributed by atoms with van der Waals surface area (Å²) in [5.41, 5.74) is 1.50. The molecule has 1 aromatic carbocycles. The molecule has 0 heterocycles. The SMILES string of the molecule is COc1ccccc1C1(CNCC(C)C)CC=CC1. The normalized spacial score (nSPS) is 17.1. The van der Waals surface area contributed by atoms with Gasteiger partial charge in [0, 0.05) is 17.5 Å². The van der Waals surface area contributed by atoms with E-state index >= 15 is 0 Å². The lowest BCUT2D eigenvalue weighted by molar-refractivity contribution is 0.363. The standard InChI is InChI=1S/C17H25NO/c1-14(2)12-18-13-17(10-6-7-11-17)15-8-4-5-9-16(15)19-3/h4-9,14,18H,10-13H2,1-3H3. The molecular formula is C17H25NO. The van der Waals surface area contributed by atoms with Gasteiger partial charge in [0.15, 0.2) is 0 Å². The fourth-order valence-corrected chi connectivity index (χ4v) is 2.84. The second kappa shape index (κ2) is 6.25. The van der Waals surface area contributed by atoms with E-state index in [1.807, 2.05) is 6.07 Å². The molecule has 1 aliphatic rings. The molecule has 0 bridgehead atoms. The Kier molecular flexibility index (Phi) is 4.65. The van der Waals surface area contributed by atoms with E-state index in [2.05, 4.69) is 49.5 Å². The minimum absolute atomic E-state index is 0.168. The van der Waals surface area contributed by atoms with Gasteiger partial charge in [-0.3, -0.25) is 0 Å². The van der Waals surface area contributed by atoms with E-state index in [1.165, 1.54) is 5.56 Å². The fourth-order valence-electron chi connectivity index (χ4n) is 2.84. The van der Waals surface area contributed by atoms with Gasteiger partial charge < -0.3 is 10.1 Å². The molecule has 104 valence electrons. The van der Waals surface area contributed by atoms with Crippen LogP contribution in [-0.2, 0) is 5.41 Å². The summed E-state index contributed by atoms with van der Waals surface area (Å²) in [5.74, 6) is 1.70. The number of nitrogens with one attached hydrogen (secondary N) is 1. The number of ether oxygens (including phenoxy) is 1. The van der Waals surface area contributed by atoms with Crippen LogP contribution in [0.15, 0.2) is 36.4 Å². The first-order valence-corrected chi connectivity index (χ1v) is 7.17. The lowest BCUT2D eigenvalue weighted by Gasteiger charge is -2.32. The number of allylic oxidation sites excluding steroid dienone is 2. The molecule has 1 aromatic rings. The van der Waals surface area contributed by atoms with E-state index in [0.29, 0.717) is 5.92 Å². The number of benzene rings is 1. The maximum atomic E-state index is 5.55. The summed E-state index contributed by atoms with van der Waals surface area (Å²) in [4.78, 5) is 0. The third-order valence-electron chi connectivity index (χ3n) is 3.88. The Morgan fingerprint density at radius 3 is 2.53 bits per heavy atom. The number of methoxy groups -OCH3 is 1. The average Bonchev–Trinajstić information content (AvgIpc) is 2.88. The number of hydrogen-bond acceptors (Lipinski definition) is 2. The smallest absolute Gasteiger partial charge is 0.122 e. The zero-order valence-corrected chi connectivity index (χ0v) is 12.3. The summed E-state index contributed by atoms with van der Waals surface area (Å²) in [7, 11) is 1.76. The van der Waals surface area contributed by atoms with Crippen molar-refractivity contribution in [1.29, 1.82) is 0 Å². The number of rotatable bonds is 6. The van der Waals surface area contributed by atoms with Gasteiger partial charge >= 0.3 is 0 Å². The van der Waals surface area contributed by atoms with Crippen LogP contribution in [0.1, 0.15) is 32.3 Å². The summed E-state index contributed by atoms with van der Waals surface area (Å²) >= 11 is 0. The molecule has 0 fully saturated rings. The molecule has 2 nitrogen and oxygen atoms in total. The van der Waals surface area contributed by atoms with E-state index < -0.39 is 0 Å². The second-order valence-corrected chi connectivity index (χ2v) is 5.89. The van der Waals surface area contributed by atoms with Crippen LogP contribution in [0.5, 0.6) is 5.75 Å². The number of hydrogen-bond donors (Lipinski definition) is 1. The third kappa shape index (κ3) is 3.19. The van der Waals surface area contributed by atoms with Crippen LogP contribution in [0, 0.1) is 5.92 Å². The highest BCUT2D eigenvalue weighted by molar-refractivity contribution is 5.42. The first kappa shape index (κ1) is 14.1. The highest BCUT2D eigenvalue weighted by atomic mass is 16.5. The summed E-state index contributed by atoms with van der Waals surface area (Å²) in [6.45, 7) is 6.57. The summed E-state index contributed by atoms with van der Waals surface area (Å²) in [6.07, 6.45) is 6.78. The van der Waals surface area contributed by atoms with Crippen molar-refractivity contribution in [2.75, 3.05) is 20.2 Å². The Morgan fingerprint density at radius 2 is 1.89 bits per heavy atom. The van der Waals surface area contributed by atoms with Crippen LogP contribution in [0.4, 0.5) is 0 Å². The first-order valence-electron chi connectivity index (χ1n) is 7.17. The molecule has 0 spiro atoms. The van der Waals surface area contributed by atoms with Gasteiger partial charge in [0.1, 0.15) is 5.75 Å². The van der Waals surface area contributed by atoms with Crippen LogP contribution in [-0.4, -0.2) is 20.2 Å². The molecule has 0 saturated carbocycles. The predicted molar refractivity (Wildman–Crippen MR) is 80.8 cm³/mol. The Hall–Kier alpha value is -1.28. The topological polar surface area (TPSA) is 21.3 Å². The predicted octanol–water partition coefficient (Wildman–Crippen LogP) is 3.53. The summed E-state index contributed by atoms with van der Waals surface area (Å²) in [5, 5.41) is 3.62. The molecule has 19 heavy (non-hydrogen) atoms. The summed E-state index contributed by atoms with van der Waals surface area (Å²) < 4.78 is 5.55. The van der Waals surface area contributed by atoms with Gasteiger partial charge in [-0.25, -0.2) is 0 Å². The lowest BCUT2D eigenvalue weighted by Crippen LogP contribution is -2.38. The molecule has 1 N–H and O–H groups in total. The highest BCUT2D eigenvalue weighted by Crippen LogP contribution is 2.41. The van der Waals surface area contributed by atoms with E-state index in [9.17, 15) is 0 Å². The molecule has 0 aliphatic heterocycles. The van der Waals surface area contributed by atoms with E-state index in [1.54, 1.807) is 7.11 Å². The lowest BCUT2D eigenvalue weighted by atomic mass is 9.77. The van der Waals surface area contributed by atoms with Gasteiger partial charge in [0.2, 0.25) is 0 Å². The molecule has 2 rings (SSSR count). The molecular weight excluding hydrogens is 234 g/mol. The molecule has 0 amide bonds. The highest BCUT2D eigenvalue weighted by Gasteiger charge is 2.34. The van der Waals surface area contributed by atoms with Crippen LogP contribution >= 0.6 is 0 Å². The van der Waals surface area contributed by atoms with E-state index in [0.717, 1.165) is 31.7 Å². The Labute approximate surface area is 116 Å². The van der Waals surface area contributed by atoms with Crippen molar-refractivity contribution in [3.63, 3.8) is 0 Å². The summed E-state index contributed by atoms with van der Waals surface area (Å²) in [6, 6.07) is 8.43. The van der Waals surface area contributed by atoms with Crippen molar-refractivity contribution >= 4 is 0 Å². The van der Waals surface area contributed by atoms with Crippen LogP contribution in [0.3, 0.4) is 0 Å². The molecule has 0 saturated heterocycles. The quantitative estimate of drug-likeness (QED) is 0.789. The fraction of sp³-hybridized carbons (Fsp3) is 0.529. The van der Waals surface area contributed by atoms with Crippen molar-refractivity contribution in [3.8, 4) is 5.75 Å². The minimum atomic E-state index is 0.168. The van der Waals surface area contributed by atoms with Gasteiger partial charge in [0.25, 0.3) is 0 Å². The van der Waals surface area contributed by atoms with Crippen LogP contribution in [0.25, 0.3) is 0 Å². The van der Waals surface area contributed by atoms with Gasteiger partial charge in [-0.05, 0) is 31.4 Å². The Bertz CT molecular complexity index is 429. The van der Waals surface area contributed by atoms with Crippen molar-refractivity contribution < 1.29 is 4.74 Å². The van der Waals surface area contributed by atoms with Crippen molar-refractivity contribution in [2.45, 2.75) is 32.1 Å². The molecule has 0 atom stereocenters. The van der Waals surface area contributed by atoms with Gasteiger partial charge in [-0.1, -0.05) is 44.2 Å². The van der Waals surface area contributed by atoms with Gasteiger partial charge in [0.05, 0.1) is 7.11 Å². The third-order valence-corrected chi connectivity index (χ3v) is 3.88. The van der Waals surface area contributed by atoms with Gasteiger partial charge in [-0.2, -0.15) is 0 Å². The molecule has 0 unspecified atom stereocenters. The van der Waals surface area contributed by atoms with Crippen LogP contribution < -0.4 is 10.1 Å². The van der Waals surface area contributed by atoms with Crippen molar-refractivity contribution in [2.24, 2.45) is 5.92 Å². The largest absolute Gasteiger partial charge is 0.496 e. The Balaban J connectivity index is 2.19. The maximum Gasteiger partial charge on any atom is 0.122 e. The van der Waals surface area contributed by atoms with Crippen molar-refractivity contribution in [1.82, 2.24) is 5.32 Å². The van der Waals surface area contributed by atoms with Crippen molar-refractivity contribution in [3.05, 3.63) is 42.0 Å². The zero-order valence-electron chi connectivity index (χ0n) is 12.3. The maximum absolute atomic E-state index is 5.55. The van der Waals surface area contributed by atoms with Crippen LogP contribution in [0.2, 0.25) is 0 Å². The molecule has 0 aromatic heterocycles. The minimum Gasteiger partial charge on any atom is -0.496 e. The first-order chi connectivity index (χ1) is 9.18. The molecule has 1 aliphatic carbocycles. The molecule has 0 radical (unpaired) electrons. The zero-order chi connectivity index (χ0) is 13.7. The average molecular weight is 259 g/mol. The Morgan fingerprint density at radius 1 is 1.21 bits per heavy atom. The van der Waals surface area contributed by atoms with E-state index in [-0.39, 0.29) is 5.41 Å². The second-order valence-electron chi connectivity index (χ2n) is 5.89. The number of para-hydroxylation sites is 1. The van der Waals surface area contributed by atoms with Gasteiger partial charge in [-0.15, -0.1) is 0 Å².